The first kappa shape index (κ1) is 17.5. The van der Waals surface area contributed by atoms with E-state index in [2.05, 4.69) is 46.0 Å². The lowest BCUT2D eigenvalue weighted by Gasteiger charge is -2.28. The van der Waals surface area contributed by atoms with Crippen LogP contribution in [0.25, 0.3) is 0 Å². The predicted molar refractivity (Wildman–Crippen MR) is 87.4 cm³/mol. The Bertz CT molecular complexity index is 400. The summed E-state index contributed by atoms with van der Waals surface area (Å²) in [6, 6.07) is 7.96. The molecular formula is C17H28ClNO. The Labute approximate surface area is 128 Å². The fourth-order valence-electron chi connectivity index (χ4n) is 2.11. The van der Waals surface area contributed by atoms with Crippen molar-refractivity contribution in [2.24, 2.45) is 0 Å². The second kappa shape index (κ2) is 8.02. The molecule has 0 saturated carbocycles. The van der Waals surface area contributed by atoms with E-state index in [-0.39, 0.29) is 17.7 Å². The number of rotatable bonds is 7. The topological polar surface area (TPSA) is 21.3 Å². The minimum Gasteiger partial charge on any atom is -0.369 e. The Hall–Kier alpha value is -0.570. The molecule has 2 unspecified atom stereocenters. The molecule has 0 aliphatic carbocycles. The van der Waals surface area contributed by atoms with Gasteiger partial charge < -0.3 is 10.1 Å². The van der Waals surface area contributed by atoms with Crippen LogP contribution in [0.1, 0.15) is 59.1 Å². The third-order valence-electron chi connectivity index (χ3n) is 3.13. The fraction of sp³-hybridized carbons (Fsp3) is 0.647. The smallest absolute Gasteiger partial charge is 0.0953 e. The Morgan fingerprint density at radius 2 is 2.00 bits per heavy atom. The highest BCUT2D eigenvalue weighted by Gasteiger charge is 2.18. The van der Waals surface area contributed by atoms with Gasteiger partial charge in [0.05, 0.1) is 12.2 Å². The summed E-state index contributed by atoms with van der Waals surface area (Å²) in [5, 5.41) is 4.28. The molecule has 114 valence electrons. The van der Waals surface area contributed by atoms with E-state index in [0.717, 1.165) is 30.0 Å². The Balaban J connectivity index is 2.78. The van der Waals surface area contributed by atoms with Crippen LogP contribution in [0.15, 0.2) is 24.3 Å². The molecule has 0 aromatic heterocycles. The van der Waals surface area contributed by atoms with Crippen LogP contribution in [0.2, 0.25) is 5.02 Å². The van der Waals surface area contributed by atoms with Gasteiger partial charge in [0.15, 0.2) is 0 Å². The van der Waals surface area contributed by atoms with Gasteiger partial charge in [0.25, 0.3) is 0 Å². The van der Waals surface area contributed by atoms with Crippen molar-refractivity contribution in [2.45, 2.75) is 65.2 Å². The van der Waals surface area contributed by atoms with Gasteiger partial charge in [-0.1, -0.05) is 37.1 Å². The summed E-state index contributed by atoms with van der Waals surface area (Å²) in [6.45, 7) is 11.6. The van der Waals surface area contributed by atoms with Gasteiger partial charge in [-0.3, -0.25) is 0 Å². The predicted octanol–water partition coefficient (Wildman–Crippen LogP) is 4.97. The lowest BCUT2D eigenvalue weighted by Crippen LogP contribution is -2.39. The molecule has 0 spiro atoms. The van der Waals surface area contributed by atoms with Crippen molar-refractivity contribution >= 4 is 11.6 Å². The molecule has 2 atom stereocenters. The van der Waals surface area contributed by atoms with Crippen LogP contribution in [0.4, 0.5) is 0 Å². The van der Waals surface area contributed by atoms with Gasteiger partial charge in [-0.25, -0.2) is 0 Å². The van der Waals surface area contributed by atoms with Gasteiger partial charge in [-0.05, 0) is 51.8 Å². The molecule has 0 radical (unpaired) electrons. The van der Waals surface area contributed by atoms with Crippen molar-refractivity contribution in [2.75, 3.05) is 6.54 Å². The zero-order chi connectivity index (χ0) is 15.2. The number of hydrogen-bond donors (Lipinski definition) is 1. The Morgan fingerprint density at radius 1 is 1.30 bits per heavy atom. The van der Waals surface area contributed by atoms with Crippen LogP contribution in [0.5, 0.6) is 0 Å². The van der Waals surface area contributed by atoms with Crippen LogP contribution in [-0.2, 0) is 4.74 Å². The minimum absolute atomic E-state index is 0.0366. The van der Waals surface area contributed by atoms with Crippen LogP contribution >= 0.6 is 11.6 Å². The number of hydrogen-bond acceptors (Lipinski definition) is 2. The van der Waals surface area contributed by atoms with E-state index in [1.807, 2.05) is 18.2 Å². The highest BCUT2D eigenvalue weighted by atomic mass is 35.5. The molecule has 1 aromatic carbocycles. The summed E-state index contributed by atoms with van der Waals surface area (Å²) < 4.78 is 6.21. The van der Waals surface area contributed by atoms with Gasteiger partial charge in [0.1, 0.15) is 0 Å². The summed E-state index contributed by atoms with van der Waals surface area (Å²) in [7, 11) is 0. The SMILES string of the molecule is CCCC(C)OC(CNC(C)(C)C)c1cccc(Cl)c1. The average Bonchev–Trinajstić information content (AvgIpc) is 2.33. The standard InChI is InChI=1S/C17H28ClNO/c1-6-8-13(2)20-16(12-19-17(3,4)5)14-9-7-10-15(18)11-14/h7,9-11,13,16,19H,6,8,12H2,1-5H3. The van der Waals surface area contributed by atoms with E-state index in [1.54, 1.807) is 0 Å². The van der Waals surface area contributed by atoms with Crippen molar-refractivity contribution in [1.82, 2.24) is 5.32 Å². The quantitative estimate of drug-likeness (QED) is 0.767. The van der Waals surface area contributed by atoms with Crippen molar-refractivity contribution in [3.05, 3.63) is 34.9 Å². The van der Waals surface area contributed by atoms with Crippen LogP contribution < -0.4 is 5.32 Å². The molecule has 1 N–H and O–H groups in total. The molecule has 3 heteroatoms. The first-order valence-electron chi connectivity index (χ1n) is 7.47. The molecule has 20 heavy (non-hydrogen) atoms. The second-order valence-electron chi connectivity index (χ2n) is 6.41. The number of halogens is 1. The van der Waals surface area contributed by atoms with Gasteiger partial charge in [-0.15, -0.1) is 0 Å². The zero-order valence-corrected chi connectivity index (χ0v) is 14.1. The normalized spacial score (nSPS) is 15.1. The average molecular weight is 298 g/mol. The molecule has 0 heterocycles. The highest BCUT2D eigenvalue weighted by Crippen LogP contribution is 2.23. The first-order chi connectivity index (χ1) is 9.31. The lowest BCUT2D eigenvalue weighted by molar-refractivity contribution is -0.00993. The van der Waals surface area contributed by atoms with Crippen molar-refractivity contribution in [3.8, 4) is 0 Å². The van der Waals surface area contributed by atoms with Gasteiger partial charge >= 0.3 is 0 Å². The molecule has 0 bridgehead atoms. The third kappa shape index (κ3) is 6.74. The molecule has 0 aliphatic heterocycles. The van der Waals surface area contributed by atoms with Crippen LogP contribution in [-0.4, -0.2) is 18.2 Å². The van der Waals surface area contributed by atoms with E-state index in [4.69, 9.17) is 16.3 Å². The van der Waals surface area contributed by atoms with E-state index in [9.17, 15) is 0 Å². The molecule has 0 saturated heterocycles. The summed E-state index contributed by atoms with van der Waals surface area (Å²) >= 11 is 6.10. The van der Waals surface area contributed by atoms with Crippen LogP contribution in [0.3, 0.4) is 0 Å². The van der Waals surface area contributed by atoms with Crippen molar-refractivity contribution in [1.29, 1.82) is 0 Å². The number of nitrogens with one attached hydrogen (secondary N) is 1. The summed E-state index contributed by atoms with van der Waals surface area (Å²) in [4.78, 5) is 0. The van der Waals surface area contributed by atoms with Crippen molar-refractivity contribution < 1.29 is 4.74 Å². The molecule has 0 amide bonds. The summed E-state index contributed by atoms with van der Waals surface area (Å²) in [5.74, 6) is 0. The van der Waals surface area contributed by atoms with E-state index in [0.29, 0.717) is 0 Å². The Kier molecular flexibility index (Phi) is 7.01. The molecule has 0 aliphatic rings. The van der Waals surface area contributed by atoms with Crippen molar-refractivity contribution in [3.63, 3.8) is 0 Å². The molecule has 2 nitrogen and oxygen atoms in total. The lowest BCUT2D eigenvalue weighted by atomic mass is 10.1. The Morgan fingerprint density at radius 3 is 2.55 bits per heavy atom. The number of ether oxygens (including phenoxy) is 1. The maximum atomic E-state index is 6.21. The monoisotopic (exact) mass is 297 g/mol. The molecular weight excluding hydrogens is 270 g/mol. The minimum atomic E-state index is 0.0366. The van der Waals surface area contributed by atoms with E-state index >= 15 is 0 Å². The molecule has 1 rings (SSSR count). The summed E-state index contributed by atoms with van der Waals surface area (Å²) in [5.41, 5.74) is 1.21. The maximum Gasteiger partial charge on any atom is 0.0953 e. The van der Waals surface area contributed by atoms with E-state index in [1.165, 1.54) is 0 Å². The van der Waals surface area contributed by atoms with Gasteiger partial charge in [-0.2, -0.15) is 0 Å². The summed E-state index contributed by atoms with van der Waals surface area (Å²) in [6.07, 6.45) is 2.50. The van der Waals surface area contributed by atoms with Gasteiger partial charge in [0.2, 0.25) is 0 Å². The molecule has 1 aromatic rings. The van der Waals surface area contributed by atoms with Crippen LogP contribution in [0, 0.1) is 0 Å². The first-order valence-corrected chi connectivity index (χ1v) is 7.85. The maximum absolute atomic E-state index is 6.21. The zero-order valence-electron chi connectivity index (χ0n) is 13.4. The van der Waals surface area contributed by atoms with E-state index < -0.39 is 0 Å². The largest absolute Gasteiger partial charge is 0.369 e. The highest BCUT2D eigenvalue weighted by molar-refractivity contribution is 6.30. The second-order valence-corrected chi connectivity index (χ2v) is 6.85. The van der Waals surface area contributed by atoms with Gasteiger partial charge in [0, 0.05) is 17.1 Å². The third-order valence-corrected chi connectivity index (χ3v) is 3.37. The number of benzene rings is 1. The fourth-order valence-corrected chi connectivity index (χ4v) is 2.30. The molecule has 0 fully saturated rings.